The number of rotatable bonds is 2. The number of nitrogens with one attached hydrogen (secondary N) is 1. The van der Waals surface area contributed by atoms with Gasteiger partial charge in [-0.3, -0.25) is 4.90 Å². The molecule has 3 heterocycles. The van der Waals surface area contributed by atoms with E-state index in [1.807, 2.05) is 12.1 Å². The fourth-order valence-corrected chi connectivity index (χ4v) is 3.17. The number of nitrogens with zero attached hydrogens (tertiary/aromatic N) is 3. The zero-order valence-electron chi connectivity index (χ0n) is 10.5. The van der Waals surface area contributed by atoms with Gasteiger partial charge in [0.05, 0.1) is 0 Å². The van der Waals surface area contributed by atoms with E-state index in [1.165, 1.54) is 12.8 Å². The Labute approximate surface area is 108 Å². The van der Waals surface area contributed by atoms with Crippen molar-refractivity contribution < 1.29 is 0 Å². The van der Waals surface area contributed by atoms with Crippen molar-refractivity contribution in [2.45, 2.75) is 25.4 Å². The number of hydrogen-bond donors (Lipinski definition) is 1. The summed E-state index contributed by atoms with van der Waals surface area (Å²) in [5, 5.41) is 12.7. The molecule has 2 fully saturated rings. The standard InChI is InChI=1S/C14H18N4/c15-7-13-11(3-1-5-16-13)8-18-9-12-4-2-6-17-14(12)10-18/h1,3,5,12,14,17H,2,4,6,8-10H2/t12-,14+/m0/s1. The van der Waals surface area contributed by atoms with E-state index in [0.29, 0.717) is 11.7 Å². The summed E-state index contributed by atoms with van der Waals surface area (Å²) < 4.78 is 0. The number of fused-ring (bicyclic) bond motifs is 1. The third kappa shape index (κ3) is 2.24. The Balaban J connectivity index is 1.69. The Morgan fingerprint density at radius 2 is 2.44 bits per heavy atom. The van der Waals surface area contributed by atoms with E-state index >= 15 is 0 Å². The average molecular weight is 242 g/mol. The van der Waals surface area contributed by atoms with Crippen LogP contribution in [0.5, 0.6) is 0 Å². The second-order valence-corrected chi connectivity index (χ2v) is 5.28. The molecule has 2 aliphatic rings. The van der Waals surface area contributed by atoms with Crippen molar-refractivity contribution >= 4 is 0 Å². The molecule has 0 saturated carbocycles. The third-order valence-corrected chi connectivity index (χ3v) is 4.07. The first kappa shape index (κ1) is 11.6. The monoisotopic (exact) mass is 242 g/mol. The summed E-state index contributed by atoms with van der Waals surface area (Å²) in [4.78, 5) is 6.58. The summed E-state index contributed by atoms with van der Waals surface area (Å²) in [7, 11) is 0. The number of likely N-dealkylation sites (tertiary alicyclic amines) is 1. The average Bonchev–Trinajstić information content (AvgIpc) is 2.81. The molecule has 94 valence electrons. The summed E-state index contributed by atoms with van der Waals surface area (Å²) in [6.07, 6.45) is 4.32. The minimum Gasteiger partial charge on any atom is -0.312 e. The molecule has 2 aliphatic heterocycles. The second-order valence-electron chi connectivity index (χ2n) is 5.28. The Morgan fingerprint density at radius 1 is 1.50 bits per heavy atom. The lowest BCUT2D eigenvalue weighted by Crippen LogP contribution is -2.40. The number of piperidine rings is 1. The van der Waals surface area contributed by atoms with Crippen molar-refractivity contribution in [2.75, 3.05) is 19.6 Å². The molecule has 3 rings (SSSR count). The van der Waals surface area contributed by atoms with Gasteiger partial charge >= 0.3 is 0 Å². The van der Waals surface area contributed by atoms with Gasteiger partial charge in [-0.05, 0) is 31.4 Å². The first-order valence-corrected chi connectivity index (χ1v) is 6.66. The van der Waals surface area contributed by atoms with Crippen LogP contribution in [0.25, 0.3) is 0 Å². The maximum absolute atomic E-state index is 9.06. The van der Waals surface area contributed by atoms with E-state index in [1.54, 1.807) is 6.20 Å². The van der Waals surface area contributed by atoms with E-state index in [2.05, 4.69) is 21.3 Å². The molecule has 0 unspecified atom stereocenters. The fourth-order valence-electron chi connectivity index (χ4n) is 3.17. The Bertz CT molecular complexity index is 451. The molecule has 2 saturated heterocycles. The van der Waals surface area contributed by atoms with Crippen molar-refractivity contribution in [1.82, 2.24) is 15.2 Å². The molecule has 0 aliphatic carbocycles. The molecule has 4 heteroatoms. The van der Waals surface area contributed by atoms with Crippen LogP contribution >= 0.6 is 0 Å². The SMILES string of the molecule is N#Cc1ncccc1CN1C[C@@H]2CCCN[C@@H]2C1. The lowest BCUT2D eigenvalue weighted by atomic mass is 9.94. The zero-order chi connectivity index (χ0) is 12.4. The van der Waals surface area contributed by atoms with Crippen LogP contribution in [0.3, 0.4) is 0 Å². The molecule has 18 heavy (non-hydrogen) atoms. The van der Waals surface area contributed by atoms with Crippen LogP contribution in [0.15, 0.2) is 18.3 Å². The first-order chi connectivity index (χ1) is 8.86. The van der Waals surface area contributed by atoms with Gasteiger partial charge in [0.15, 0.2) is 0 Å². The highest BCUT2D eigenvalue weighted by molar-refractivity contribution is 5.30. The summed E-state index contributed by atoms with van der Waals surface area (Å²) in [5.74, 6) is 0.793. The molecule has 0 aromatic carbocycles. The predicted octanol–water partition coefficient (Wildman–Crippen LogP) is 1.14. The van der Waals surface area contributed by atoms with Crippen LogP contribution in [0.4, 0.5) is 0 Å². The Kier molecular flexibility index (Phi) is 3.26. The first-order valence-electron chi connectivity index (χ1n) is 6.66. The van der Waals surface area contributed by atoms with E-state index < -0.39 is 0 Å². The highest BCUT2D eigenvalue weighted by Gasteiger charge is 2.34. The molecule has 0 bridgehead atoms. The van der Waals surface area contributed by atoms with E-state index in [9.17, 15) is 0 Å². The quantitative estimate of drug-likeness (QED) is 0.845. The molecule has 1 aromatic heterocycles. The summed E-state index contributed by atoms with van der Waals surface area (Å²) in [6, 6.07) is 6.76. The summed E-state index contributed by atoms with van der Waals surface area (Å²) in [6.45, 7) is 4.26. The lowest BCUT2D eigenvalue weighted by Gasteiger charge is -2.24. The molecular weight excluding hydrogens is 224 g/mol. The number of pyridine rings is 1. The van der Waals surface area contributed by atoms with Crippen molar-refractivity contribution in [2.24, 2.45) is 5.92 Å². The van der Waals surface area contributed by atoms with Crippen molar-refractivity contribution in [3.8, 4) is 6.07 Å². The lowest BCUT2D eigenvalue weighted by molar-refractivity contribution is 0.312. The van der Waals surface area contributed by atoms with Gasteiger partial charge < -0.3 is 5.32 Å². The summed E-state index contributed by atoms with van der Waals surface area (Å²) in [5.41, 5.74) is 1.62. The molecule has 1 N–H and O–H groups in total. The molecule has 1 aromatic rings. The van der Waals surface area contributed by atoms with E-state index in [0.717, 1.165) is 37.7 Å². The fraction of sp³-hybridized carbons (Fsp3) is 0.571. The van der Waals surface area contributed by atoms with Gasteiger partial charge in [0.25, 0.3) is 0 Å². The number of hydrogen-bond acceptors (Lipinski definition) is 4. The minimum atomic E-state index is 0.570. The largest absolute Gasteiger partial charge is 0.312 e. The normalized spacial score (nSPS) is 27.7. The van der Waals surface area contributed by atoms with Gasteiger partial charge in [-0.15, -0.1) is 0 Å². The van der Waals surface area contributed by atoms with Crippen LogP contribution in [-0.4, -0.2) is 35.6 Å². The predicted molar refractivity (Wildman–Crippen MR) is 68.7 cm³/mol. The van der Waals surface area contributed by atoms with Gasteiger partial charge in [0.2, 0.25) is 0 Å². The molecule has 0 radical (unpaired) electrons. The highest BCUT2D eigenvalue weighted by atomic mass is 15.2. The zero-order valence-corrected chi connectivity index (χ0v) is 10.5. The molecule has 0 amide bonds. The second kappa shape index (κ2) is 5.05. The Morgan fingerprint density at radius 3 is 3.28 bits per heavy atom. The molecule has 4 nitrogen and oxygen atoms in total. The summed E-state index contributed by atoms with van der Waals surface area (Å²) >= 11 is 0. The Hall–Kier alpha value is -1.44. The highest BCUT2D eigenvalue weighted by Crippen LogP contribution is 2.26. The number of nitriles is 1. The topological polar surface area (TPSA) is 52.0 Å². The minimum absolute atomic E-state index is 0.570. The molecular formula is C14H18N4. The molecule has 0 spiro atoms. The van der Waals surface area contributed by atoms with Crippen molar-refractivity contribution in [3.63, 3.8) is 0 Å². The third-order valence-electron chi connectivity index (χ3n) is 4.07. The van der Waals surface area contributed by atoms with Crippen molar-refractivity contribution in [3.05, 3.63) is 29.6 Å². The van der Waals surface area contributed by atoms with Crippen LogP contribution in [-0.2, 0) is 6.54 Å². The number of aromatic nitrogens is 1. The smallest absolute Gasteiger partial charge is 0.144 e. The van der Waals surface area contributed by atoms with Gasteiger partial charge in [-0.1, -0.05) is 6.07 Å². The van der Waals surface area contributed by atoms with Gasteiger partial charge in [0, 0.05) is 37.4 Å². The van der Waals surface area contributed by atoms with Crippen LogP contribution in [0, 0.1) is 17.2 Å². The van der Waals surface area contributed by atoms with Crippen LogP contribution in [0.1, 0.15) is 24.1 Å². The van der Waals surface area contributed by atoms with Crippen LogP contribution < -0.4 is 5.32 Å². The van der Waals surface area contributed by atoms with E-state index in [4.69, 9.17) is 5.26 Å². The molecule has 2 atom stereocenters. The maximum Gasteiger partial charge on any atom is 0.144 e. The van der Waals surface area contributed by atoms with Gasteiger partial charge in [-0.2, -0.15) is 5.26 Å². The maximum atomic E-state index is 9.06. The van der Waals surface area contributed by atoms with Crippen LogP contribution in [0.2, 0.25) is 0 Å². The van der Waals surface area contributed by atoms with Gasteiger partial charge in [-0.25, -0.2) is 4.98 Å². The van der Waals surface area contributed by atoms with Gasteiger partial charge in [0.1, 0.15) is 11.8 Å². The van der Waals surface area contributed by atoms with E-state index in [-0.39, 0.29) is 0 Å². The van der Waals surface area contributed by atoms with Crippen molar-refractivity contribution in [1.29, 1.82) is 5.26 Å².